The Kier molecular flexibility index (Phi) is 5.49. The number of nitrogens with one attached hydrogen (secondary N) is 2. The number of carbonyl (C=O) groups excluding carboxylic acids is 1. The molecule has 0 bridgehead atoms. The van der Waals surface area contributed by atoms with Gasteiger partial charge in [0.2, 0.25) is 5.95 Å². The fourth-order valence-corrected chi connectivity index (χ4v) is 3.96. The second-order valence-corrected chi connectivity index (χ2v) is 7.76. The van der Waals surface area contributed by atoms with E-state index in [1.54, 1.807) is 49.5 Å². The summed E-state index contributed by atoms with van der Waals surface area (Å²) in [5, 5.41) is 22.2. The number of hydrogen-bond donors (Lipinski definition) is 2. The van der Waals surface area contributed by atoms with Crippen molar-refractivity contribution in [2.45, 2.75) is 13.0 Å². The lowest BCUT2D eigenvalue weighted by atomic mass is 9.94. The van der Waals surface area contributed by atoms with Crippen LogP contribution in [0, 0.1) is 15.9 Å². The SMILES string of the molecule is CC1=C(C(=O)Nc2ccccn2)C(c2ccccc2[N+](=O)[O-])n2nc(-c3ccc(F)cc3)nc2N1. The van der Waals surface area contributed by atoms with E-state index in [0.29, 0.717) is 23.0 Å². The van der Waals surface area contributed by atoms with E-state index in [1.807, 2.05) is 0 Å². The molecular weight excluding hydrogens is 453 g/mol. The molecule has 11 heteroatoms. The lowest BCUT2D eigenvalue weighted by molar-refractivity contribution is -0.385. The minimum atomic E-state index is -0.960. The van der Waals surface area contributed by atoms with Crippen molar-refractivity contribution >= 4 is 23.4 Å². The molecule has 174 valence electrons. The van der Waals surface area contributed by atoms with Crippen LogP contribution in [0.15, 0.2) is 84.2 Å². The van der Waals surface area contributed by atoms with Gasteiger partial charge < -0.3 is 10.6 Å². The van der Waals surface area contributed by atoms with E-state index >= 15 is 0 Å². The number of amides is 1. The summed E-state index contributed by atoms with van der Waals surface area (Å²) in [4.78, 5) is 33.4. The van der Waals surface area contributed by atoms with Gasteiger partial charge in [-0.2, -0.15) is 4.98 Å². The van der Waals surface area contributed by atoms with Gasteiger partial charge in [0.05, 0.1) is 16.1 Å². The number of halogens is 1. The zero-order chi connectivity index (χ0) is 24.5. The molecule has 0 aliphatic carbocycles. The molecule has 2 N–H and O–H groups in total. The number of benzene rings is 2. The standard InChI is InChI=1S/C24H18FN7O3/c1-14-20(23(33)28-19-8-4-5-13-26-19)21(17-6-2-3-7-18(17)32(34)35)31-24(27-14)29-22(30-31)15-9-11-16(25)12-10-15/h2-13,21H,1H3,(H,26,28,33)(H,27,29,30). The van der Waals surface area contributed by atoms with Crippen LogP contribution in [0.5, 0.6) is 0 Å². The van der Waals surface area contributed by atoms with Crippen molar-refractivity contribution in [3.05, 3.63) is 106 Å². The number of nitro benzene ring substituents is 1. The summed E-state index contributed by atoms with van der Waals surface area (Å²) in [5.41, 5.74) is 1.31. The van der Waals surface area contributed by atoms with Crippen LogP contribution < -0.4 is 10.6 Å². The van der Waals surface area contributed by atoms with Crippen molar-refractivity contribution in [2.75, 3.05) is 10.6 Å². The van der Waals surface area contributed by atoms with Crippen LogP contribution in [0.25, 0.3) is 11.4 Å². The fourth-order valence-electron chi connectivity index (χ4n) is 3.96. The molecule has 10 nitrogen and oxygen atoms in total. The molecule has 3 heterocycles. The number of anilines is 2. The van der Waals surface area contributed by atoms with Gasteiger partial charge in [-0.05, 0) is 49.4 Å². The Morgan fingerprint density at radius 1 is 1.11 bits per heavy atom. The first-order chi connectivity index (χ1) is 16.9. The lowest BCUT2D eigenvalue weighted by Gasteiger charge is -2.28. The average Bonchev–Trinajstić information content (AvgIpc) is 3.27. The number of hydrogen-bond acceptors (Lipinski definition) is 7. The topological polar surface area (TPSA) is 128 Å². The van der Waals surface area contributed by atoms with Crippen molar-refractivity contribution in [2.24, 2.45) is 0 Å². The first-order valence-corrected chi connectivity index (χ1v) is 10.6. The summed E-state index contributed by atoms with van der Waals surface area (Å²) in [6.45, 7) is 1.69. The summed E-state index contributed by atoms with van der Waals surface area (Å²) in [7, 11) is 0. The van der Waals surface area contributed by atoms with Crippen LogP contribution in [0.2, 0.25) is 0 Å². The number of nitro groups is 1. The maximum absolute atomic E-state index is 13.4. The van der Waals surface area contributed by atoms with Gasteiger partial charge in [-0.15, -0.1) is 5.10 Å². The van der Waals surface area contributed by atoms with Crippen molar-refractivity contribution in [3.8, 4) is 11.4 Å². The molecule has 1 amide bonds. The number of nitrogens with zero attached hydrogens (tertiary/aromatic N) is 5. The summed E-state index contributed by atoms with van der Waals surface area (Å²) in [6, 6.07) is 15.9. The summed E-state index contributed by atoms with van der Waals surface area (Å²) >= 11 is 0. The zero-order valence-electron chi connectivity index (χ0n) is 18.3. The van der Waals surface area contributed by atoms with Gasteiger partial charge >= 0.3 is 0 Å². The van der Waals surface area contributed by atoms with E-state index in [0.717, 1.165) is 0 Å². The fraction of sp³-hybridized carbons (Fsp3) is 0.0833. The highest BCUT2D eigenvalue weighted by molar-refractivity contribution is 6.05. The molecule has 2 aromatic heterocycles. The molecule has 5 rings (SSSR count). The number of carbonyl (C=O) groups is 1. The molecule has 0 radical (unpaired) electrons. The Bertz CT molecular complexity index is 1470. The van der Waals surface area contributed by atoms with Crippen LogP contribution >= 0.6 is 0 Å². The average molecular weight is 471 g/mol. The Morgan fingerprint density at radius 2 is 1.86 bits per heavy atom. The number of aromatic nitrogens is 4. The van der Waals surface area contributed by atoms with Gasteiger partial charge in [0.25, 0.3) is 11.6 Å². The smallest absolute Gasteiger partial charge is 0.275 e. The van der Waals surface area contributed by atoms with E-state index in [-0.39, 0.29) is 22.6 Å². The predicted octanol–water partition coefficient (Wildman–Crippen LogP) is 4.32. The number of allylic oxidation sites excluding steroid dienone is 1. The number of rotatable bonds is 5. The summed E-state index contributed by atoms with van der Waals surface area (Å²) in [5.74, 6) is -0.00825. The van der Waals surface area contributed by atoms with Crippen LogP contribution in [0.3, 0.4) is 0 Å². The highest BCUT2D eigenvalue weighted by Gasteiger charge is 2.37. The molecule has 0 saturated carbocycles. The molecule has 1 aliphatic rings. The third-order valence-electron chi connectivity index (χ3n) is 5.53. The molecule has 1 atom stereocenters. The maximum atomic E-state index is 13.4. The number of para-hydroxylation sites is 1. The van der Waals surface area contributed by atoms with E-state index in [1.165, 1.54) is 35.0 Å². The van der Waals surface area contributed by atoms with Gasteiger partial charge in [0.15, 0.2) is 5.82 Å². The first-order valence-electron chi connectivity index (χ1n) is 10.6. The van der Waals surface area contributed by atoms with Crippen molar-refractivity contribution in [3.63, 3.8) is 0 Å². The van der Waals surface area contributed by atoms with Gasteiger partial charge in [-0.3, -0.25) is 14.9 Å². The Hall–Kier alpha value is -4.93. The lowest BCUT2D eigenvalue weighted by Crippen LogP contribution is -2.32. The highest BCUT2D eigenvalue weighted by atomic mass is 19.1. The van der Waals surface area contributed by atoms with Gasteiger partial charge in [0.1, 0.15) is 17.7 Å². The van der Waals surface area contributed by atoms with Crippen molar-refractivity contribution in [1.82, 2.24) is 19.7 Å². The maximum Gasteiger partial charge on any atom is 0.275 e. The largest absolute Gasteiger partial charge is 0.328 e. The van der Waals surface area contributed by atoms with Crippen LogP contribution in [0.4, 0.5) is 21.8 Å². The van der Waals surface area contributed by atoms with Crippen LogP contribution in [-0.2, 0) is 4.79 Å². The third kappa shape index (κ3) is 4.10. The van der Waals surface area contributed by atoms with E-state index in [2.05, 4.69) is 25.7 Å². The third-order valence-corrected chi connectivity index (χ3v) is 5.53. The Morgan fingerprint density at radius 3 is 2.57 bits per heavy atom. The monoisotopic (exact) mass is 471 g/mol. The predicted molar refractivity (Wildman–Crippen MR) is 126 cm³/mol. The molecular formula is C24H18FN7O3. The summed E-state index contributed by atoms with van der Waals surface area (Å²) in [6.07, 6.45) is 1.54. The second-order valence-electron chi connectivity index (χ2n) is 7.76. The minimum absolute atomic E-state index is 0.167. The van der Waals surface area contributed by atoms with Crippen LogP contribution in [0.1, 0.15) is 18.5 Å². The number of pyridine rings is 1. The molecule has 4 aromatic rings. The molecule has 1 unspecified atom stereocenters. The number of fused-ring (bicyclic) bond motifs is 1. The van der Waals surface area contributed by atoms with Crippen LogP contribution in [-0.4, -0.2) is 30.6 Å². The summed E-state index contributed by atoms with van der Waals surface area (Å²) < 4.78 is 14.9. The Labute approximate surface area is 198 Å². The van der Waals surface area contributed by atoms with E-state index in [4.69, 9.17) is 0 Å². The van der Waals surface area contributed by atoms with E-state index < -0.39 is 22.7 Å². The molecule has 35 heavy (non-hydrogen) atoms. The zero-order valence-corrected chi connectivity index (χ0v) is 18.3. The van der Waals surface area contributed by atoms with Crippen molar-refractivity contribution in [1.29, 1.82) is 0 Å². The van der Waals surface area contributed by atoms with Crippen molar-refractivity contribution < 1.29 is 14.1 Å². The molecule has 0 saturated heterocycles. The molecule has 0 fully saturated rings. The van der Waals surface area contributed by atoms with Gasteiger partial charge in [-0.1, -0.05) is 18.2 Å². The van der Waals surface area contributed by atoms with E-state index in [9.17, 15) is 19.3 Å². The normalized spacial score (nSPS) is 14.7. The first kappa shape index (κ1) is 21.9. The highest BCUT2D eigenvalue weighted by Crippen LogP contribution is 2.40. The van der Waals surface area contributed by atoms with Gasteiger partial charge in [-0.25, -0.2) is 14.1 Å². The molecule has 0 spiro atoms. The minimum Gasteiger partial charge on any atom is -0.328 e. The molecule has 1 aliphatic heterocycles. The second kappa shape index (κ2) is 8.78. The Balaban J connectivity index is 1.66. The quantitative estimate of drug-likeness (QED) is 0.328. The molecule has 2 aromatic carbocycles. The van der Waals surface area contributed by atoms with Gasteiger partial charge in [0, 0.05) is 23.5 Å².